The minimum absolute atomic E-state index is 0.148. The first kappa shape index (κ1) is 10.2. The molecule has 0 aliphatic carbocycles. The van der Waals surface area contributed by atoms with E-state index in [2.05, 4.69) is 15.9 Å². The summed E-state index contributed by atoms with van der Waals surface area (Å²) in [6.45, 7) is 1.84. The largest absolute Gasteiger partial charge is 0.507 e. The third-order valence-corrected chi connectivity index (χ3v) is 2.81. The molecule has 0 aromatic heterocycles. The molecule has 1 rings (SSSR count). The van der Waals surface area contributed by atoms with E-state index >= 15 is 0 Å². The van der Waals surface area contributed by atoms with Crippen LogP contribution in [-0.4, -0.2) is 19.3 Å². The van der Waals surface area contributed by atoms with Gasteiger partial charge < -0.3 is 14.6 Å². The molecule has 0 fully saturated rings. The van der Waals surface area contributed by atoms with Crippen LogP contribution in [0.25, 0.3) is 0 Å². The van der Waals surface area contributed by atoms with Crippen LogP contribution in [0.3, 0.4) is 0 Å². The second-order valence-corrected chi connectivity index (χ2v) is 3.36. The lowest BCUT2D eigenvalue weighted by Gasteiger charge is -2.12. The maximum atomic E-state index is 9.45. The first-order chi connectivity index (χ1) is 6.11. The van der Waals surface area contributed by atoms with Gasteiger partial charge >= 0.3 is 0 Å². The SMILES string of the molecule is COc1cc(O)c(Br)c(C)c1OC. The summed E-state index contributed by atoms with van der Waals surface area (Å²) >= 11 is 3.25. The van der Waals surface area contributed by atoms with Crippen molar-refractivity contribution in [2.24, 2.45) is 0 Å². The predicted molar refractivity (Wildman–Crippen MR) is 53.6 cm³/mol. The minimum atomic E-state index is 0.148. The topological polar surface area (TPSA) is 38.7 Å². The molecule has 0 spiro atoms. The van der Waals surface area contributed by atoms with Gasteiger partial charge in [0, 0.05) is 11.6 Å². The fourth-order valence-electron chi connectivity index (χ4n) is 1.13. The third kappa shape index (κ3) is 1.72. The Morgan fingerprint density at radius 3 is 2.38 bits per heavy atom. The van der Waals surface area contributed by atoms with Crippen LogP contribution in [0.5, 0.6) is 17.2 Å². The van der Waals surface area contributed by atoms with Gasteiger partial charge in [-0.05, 0) is 22.9 Å². The fourth-order valence-corrected chi connectivity index (χ4v) is 1.43. The Hall–Kier alpha value is -0.900. The van der Waals surface area contributed by atoms with Crippen LogP contribution in [0.15, 0.2) is 10.5 Å². The molecule has 0 radical (unpaired) electrons. The summed E-state index contributed by atoms with van der Waals surface area (Å²) in [5, 5.41) is 9.45. The van der Waals surface area contributed by atoms with Crippen molar-refractivity contribution in [3.8, 4) is 17.2 Å². The normalized spacial score (nSPS) is 9.85. The van der Waals surface area contributed by atoms with Crippen molar-refractivity contribution in [3.63, 3.8) is 0 Å². The number of methoxy groups -OCH3 is 2. The van der Waals surface area contributed by atoms with Gasteiger partial charge in [-0.1, -0.05) is 0 Å². The van der Waals surface area contributed by atoms with Crippen LogP contribution in [-0.2, 0) is 0 Å². The lowest BCUT2D eigenvalue weighted by molar-refractivity contribution is 0.348. The van der Waals surface area contributed by atoms with E-state index in [-0.39, 0.29) is 5.75 Å². The van der Waals surface area contributed by atoms with Crippen molar-refractivity contribution < 1.29 is 14.6 Å². The number of ether oxygens (including phenoxy) is 2. The summed E-state index contributed by atoms with van der Waals surface area (Å²) in [6.07, 6.45) is 0. The highest BCUT2D eigenvalue weighted by molar-refractivity contribution is 9.10. The maximum Gasteiger partial charge on any atom is 0.165 e. The van der Waals surface area contributed by atoms with E-state index in [1.54, 1.807) is 7.11 Å². The second kappa shape index (κ2) is 3.87. The van der Waals surface area contributed by atoms with Gasteiger partial charge in [0.25, 0.3) is 0 Å². The molecule has 3 nitrogen and oxygen atoms in total. The average molecular weight is 247 g/mol. The number of hydrogen-bond donors (Lipinski definition) is 1. The highest BCUT2D eigenvalue weighted by Gasteiger charge is 2.13. The Balaban J connectivity index is 3.39. The summed E-state index contributed by atoms with van der Waals surface area (Å²) in [7, 11) is 3.10. The van der Waals surface area contributed by atoms with Crippen LogP contribution < -0.4 is 9.47 Å². The molecule has 0 atom stereocenters. The van der Waals surface area contributed by atoms with E-state index in [9.17, 15) is 5.11 Å². The Kier molecular flexibility index (Phi) is 3.03. The minimum Gasteiger partial charge on any atom is -0.507 e. The fraction of sp³-hybridized carbons (Fsp3) is 0.333. The molecule has 1 aromatic rings. The summed E-state index contributed by atoms with van der Waals surface area (Å²) < 4.78 is 10.8. The molecule has 0 aliphatic rings. The van der Waals surface area contributed by atoms with Crippen molar-refractivity contribution >= 4 is 15.9 Å². The number of rotatable bonds is 2. The molecule has 1 N–H and O–H groups in total. The monoisotopic (exact) mass is 246 g/mol. The van der Waals surface area contributed by atoms with Crippen molar-refractivity contribution in [3.05, 3.63) is 16.1 Å². The molecule has 0 heterocycles. The first-order valence-electron chi connectivity index (χ1n) is 3.71. The smallest absolute Gasteiger partial charge is 0.165 e. The summed E-state index contributed by atoms with van der Waals surface area (Å²) in [6, 6.07) is 1.51. The van der Waals surface area contributed by atoms with E-state index in [4.69, 9.17) is 9.47 Å². The highest BCUT2D eigenvalue weighted by atomic mass is 79.9. The molecule has 72 valence electrons. The average Bonchev–Trinajstić information content (AvgIpc) is 2.13. The number of hydrogen-bond acceptors (Lipinski definition) is 3. The molecule has 0 saturated heterocycles. The summed E-state index contributed by atoms with van der Waals surface area (Å²) in [4.78, 5) is 0. The highest BCUT2D eigenvalue weighted by Crippen LogP contribution is 2.41. The predicted octanol–water partition coefficient (Wildman–Crippen LogP) is 2.48. The van der Waals surface area contributed by atoms with Gasteiger partial charge in [0.1, 0.15) is 5.75 Å². The van der Waals surface area contributed by atoms with Crippen molar-refractivity contribution in [1.82, 2.24) is 0 Å². The van der Waals surface area contributed by atoms with Gasteiger partial charge in [-0.3, -0.25) is 0 Å². The molecular weight excluding hydrogens is 236 g/mol. The van der Waals surface area contributed by atoms with E-state index < -0.39 is 0 Å². The lowest BCUT2D eigenvalue weighted by Crippen LogP contribution is -1.93. The Morgan fingerprint density at radius 1 is 1.31 bits per heavy atom. The van der Waals surface area contributed by atoms with Gasteiger partial charge in [-0.25, -0.2) is 0 Å². The first-order valence-corrected chi connectivity index (χ1v) is 4.51. The molecule has 0 saturated carbocycles. The zero-order valence-electron chi connectivity index (χ0n) is 7.72. The van der Waals surface area contributed by atoms with Gasteiger partial charge in [0.05, 0.1) is 18.7 Å². The molecule has 0 unspecified atom stereocenters. The van der Waals surface area contributed by atoms with E-state index in [1.165, 1.54) is 13.2 Å². The Bertz CT molecular complexity index is 323. The molecule has 0 bridgehead atoms. The lowest BCUT2D eigenvalue weighted by atomic mass is 10.2. The third-order valence-electron chi connectivity index (χ3n) is 1.81. The van der Waals surface area contributed by atoms with Crippen LogP contribution in [0.4, 0.5) is 0 Å². The van der Waals surface area contributed by atoms with Crippen molar-refractivity contribution in [2.45, 2.75) is 6.92 Å². The van der Waals surface area contributed by atoms with Crippen LogP contribution in [0.2, 0.25) is 0 Å². The Morgan fingerprint density at radius 2 is 1.92 bits per heavy atom. The zero-order chi connectivity index (χ0) is 10.0. The number of phenols is 1. The molecule has 13 heavy (non-hydrogen) atoms. The summed E-state index contributed by atoms with van der Waals surface area (Å²) in [5.41, 5.74) is 0.819. The summed E-state index contributed by atoms with van der Waals surface area (Å²) in [5.74, 6) is 1.31. The quantitative estimate of drug-likeness (QED) is 0.872. The van der Waals surface area contributed by atoms with Gasteiger partial charge in [0.2, 0.25) is 0 Å². The van der Waals surface area contributed by atoms with Crippen LogP contribution in [0, 0.1) is 6.92 Å². The molecule has 1 aromatic carbocycles. The zero-order valence-corrected chi connectivity index (χ0v) is 9.31. The molecule has 4 heteroatoms. The van der Waals surface area contributed by atoms with E-state index in [1.807, 2.05) is 6.92 Å². The standard InChI is InChI=1S/C9H11BrO3/c1-5-8(10)6(11)4-7(12-2)9(5)13-3/h4,11H,1-3H3. The number of phenolic OH excluding ortho intramolecular Hbond substituents is 1. The molecular formula is C9H11BrO3. The second-order valence-electron chi connectivity index (χ2n) is 2.57. The van der Waals surface area contributed by atoms with E-state index in [0.29, 0.717) is 16.0 Å². The molecule has 0 amide bonds. The maximum absolute atomic E-state index is 9.45. The number of halogens is 1. The van der Waals surface area contributed by atoms with Crippen LogP contribution >= 0.6 is 15.9 Å². The van der Waals surface area contributed by atoms with Crippen molar-refractivity contribution in [2.75, 3.05) is 14.2 Å². The van der Waals surface area contributed by atoms with Gasteiger partial charge in [-0.15, -0.1) is 0 Å². The van der Waals surface area contributed by atoms with Crippen molar-refractivity contribution in [1.29, 1.82) is 0 Å². The van der Waals surface area contributed by atoms with Crippen LogP contribution in [0.1, 0.15) is 5.56 Å². The number of benzene rings is 1. The number of aromatic hydroxyl groups is 1. The molecule has 0 aliphatic heterocycles. The van der Waals surface area contributed by atoms with E-state index in [0.717, 1.165) is 5.56 Å². The van der Waals surface area contributed by atoms with Gasteiger partial charge in [-0.2, -0.15) is 0 Å². The van der Waals surface area contributed by atoms with Gasteiger partial charge in [0.15, 0.2) is 11.5 Å². The Labute approximate surface area is 85.4 Å².